The Bertz CT molecular complexity index is 964. The second kappa shape index (κ2) is 9.82. The van der Waals surface area contributed by atoms with Crippen LogP contribution in [0.5, 0.6) is 5.75 Å². The molecular formula is C23H23BrN2O4. The van der Waals surface area contributed by atoms with Crippen LogP contribution in [0.3, 0.4) is 0 Å². The molecule has 0 saturated carbocycles. The van der Waals surface area contributed by atoms with Gasteiger partial charge in [-0.2, -0.15) is 0 Å². The summed E-state index contributed by atoms with van der Waals surface area (Å²) in [6, 6.07) is 19.2. The third-order valence-electron chi connectivity index (χ3n) is 4.85. The number of carbonyl (C=O) groups is 1. The molecule has 1 saturated heterocycles. The number of ether oxygens (including phenoxy) is 2. The van der Waals surface area contributed by atoms with Crippen molar-refractivity contribution in [3.63, 3.8) is 0 Å². The fourth-order valence-electron chi connectivity index (χ4n) is 3.18. The zero-order chi connectivity index (χ0) is 20.8. The van der Waals surface area contributed by atoms with Gasteiger partial charge in [-0.3, -0.25) is 4.79 Å². The minimum Gasteiger partial charge on any atom is -0.486 e. The van der Waals surface area contributed by atoms with Crippen LogP contribution in [-0.2, 0) is 17.9 Å². The van der Waals surface area contributed by atoms with E-state index in [4.69, 9.17) is 13.9 Å². The highest BCUT2D eigenvalue weighted by Crippen LogP contribution is 2.19. The molecule has 1 N–H and O–H groups in total. The Morgan fingerprint density at radius 1 is 1.00 bits per heavy atom. The fraction of sp³-hybridized carbons (Fsp3) is 0.261. The Morgan fingerprint density at radius 2 is 1.73 bits per heavy atom. The highest BCUT2D eigenvalue weighted by Gasteiger charge is 2.13. The van der Waals surface area contributed by atoms with Crippen LogP contribution in [0.1, 0.15) is 21.9 Å². The van der Waals surface area contributed by atoms with Crippen molar-refractivity contribution >= 4 is 27.5 Å². The van der Waals surface area contributed by atoms with Gasteiger partial charge in [0.05, 0.1) is 13.2 Å². The van der Waals surface area contributed by atoms with Crippen LogP contribution < -0.4 is 15.0 Å². The molecule has 6 nitrogen and oxygen atoms in total. The van der Waals surface area contributed by atoms with Crippen LogP contribution in [0.25, 0.3) is 0 Å². The molecule has 0 bridgehead atoms. The van der Waals surface area contributed by atoms with Crippen LogP contribution in [0, 0.1) is 0 Å². The zero-order valence-corrected chi connectivity index (χ0v) is 18.1. The van der Waals surface area contributed by atoms with Gasteiger partial charge in [0.25, 0.3) is 5.91 Å². The predicted octanol–water partition coefficient (Wildman–Crippen LogP) is 4.39. The van der Waals surface area contributed by atoms with Crippen molar-refractivity contribution in [2.24, 2.45) is 0 Å². The maximum atomic E-state index is 12.4. The molecule has 0 atom stereocenters. The van der Waals surface area contributed by atoms with Gasteiger partial charge in [-0.05, 0) is 54.1 Å². The Hall–Kier alpha value is -2.77. The number of morpholine rings is 1. The molecule has 30 heavy (non-hydrogen) atoms. The molecule has 156 valence electrons. The van der Waals surface area contributed by atoms with E-state index in [0.717, 1.165) is 42.1 Å². The maximum absolute atomic E-state index is 12.4. The number of rotatable bonds is 7. The Kier molecular flexibility index (Phi) is 6.71. The van der Waals surface area contributed by atoms with Gasteiger partial charge in [0.15, 0.2) is 5.76 Å². The summed E-state index contributed by atoms with van der Waals surface area (Å²) in [4.78, 5) is 14.7. The minimum atomic E-state index is -0.248. The average molecular weight is 471 g/mol. The van der Waals surface area contributed by atoms with Crippen LogP contribution in [0.15, 0.2) is 69.6 Å². The second-order valence-electron chi connectivity index (χ2n) is 6.96. The molecule has 2 aromatic carbocycles. The van der Waals surface area contributed by atoms with Crippen molar-refractivity contribution in [3.8, 4) is 5.75 Å². The van der Waals surface area contributed by atoms with E-state index in [0.29, 0.717) is 12.3 Å². The number of amides is 1. The highest BCUT2D eigenvalue weighted by atomic mass is 79.9. The number of anilines is 1. The molecule has 0 spiro atoms. The quantitative estimate of drug-likeness (QED) is 0.554. The summed E-state index contributed by atoms with van der Waals surface area (Å²) in [7, 11) is 0. The molecule has 1 aromatic heterocycles. The molecule has 2 heterocycles. The first-order valence-corrected chi connectivity index (χ1v) is 10.6. The normalized spacial score (nSPS) is 13.8. The van der Waals surface area contributed by atoms with E-state index in [9.17, 15) is 4.79 Å². The first-order valence-electron chi connectivity index (χ1n) is 9.84. The van der Waals surface area contributed by atoms with Crippen molar-refractivity contribution in [2.45, 2.75) is 13.2 Å². The second-order valence-corrected chi connectivity index (χ2v) is 7.87. The molecule has 7 heteroatoms. The Labute approximate surface area is 183 Å². The van der Waals surface area contributed by atoms with E-state index in [1.165, 1.54) is 5.69 Å². The Balaban J connectivity index is 1.26. The predicted molar refractivity (Wildman–Crippen MR) is 118 cm³/mol. The summed E-state index contributed by atoms with van der Waals surface area (Å²) < 4.78 is 17.7. The van der Waals surface area contributed by atoms with Crippen molar-refractivity contribution in [1.82, 2.24) is 5.32 Å². The number of benzene rings is 2. The molecule has 1 fully saturated rings. The summed E-state index contributed by atoms with van der Waals surface area (Å²) in [5.74, 6) is 1.36. The number of carbonyl (C=O) groups excluding carboxylic acids is 1. The fourth-order valence-corrected chi connectivity index (χ4v) is 3.44. The molecule has 4 rings (SSSR count). The van der Waals surface area contributed by atoms with Gasteiger partial charge in [-0.25, -0.2) is 0 Å². The number of furan rings is 1. The maximum Gasteiger partial charge on any atom is 0.287 e. The number of nitrogens with one attached hydrogen (secondary N) is 1. The molecular weight excluding hydrogens is 448 g/mol. The SMILES string of the molecule is O=C(NCc1ccc(N2CCOCC2)cc1)c1ccc(COc2ccc(Br)cc2)o1. The van der Waals surface area contributed by atoms with Crippen molar-refractivity contribution in [2.75, 3.05) is 31.2 Å². The van der Waals surface area contributed by atoms with Crippen LogP contribution in [0.2, 0.25) is 0 Å². The summed E-state index contributed by atoms with van der Waals surface area (Å²) >= 11 is 3.39. The van der Waals surface area contributed by atoms with Crippen molar-refractivity contribution in [1.29, 1.82) is 0 Å². The van der Waals surface area contributed by atoms with E-state index in [1.807, 2.05) is 36.4 Å². The van der Waals surface area contributed by atoms with Gasteiger partial charge in [0.1, 0.15) is 18.1 Å². The largest absolute Gasteiger partial charge is 0.486 e. The lowest BCUT2D eigenvalue weighted by Crippen LogP contribution is -2.36. The lowest BCUT2D eigenvalue weighted by Gasteiger charge is -2.28. The monoisotopic (exact) mass is 470 g/mol. The number of halogens is 1. The summed E-state index contributed by atoms with van der Waals surface area (Å²) in [6.07, 6.45) is 0. The number of hydrogen-bond donors (Lipinski definition) is 1. The third-order valence-corrected chi connectivity index (χ3v) is 5.37. The first-order chi connectivity index (χ1) is 14.7. The first kappa shape index (κ1) is 20.5. The van der Waals surface area contributed by atoms with Gasteiger partial charge in [0.2, 0.25) is 0 Å². The molecule has 0 radical (unpaired) electrons. The van der Waals surface area contributed by atoms with Gasteiger partial charge in [0, 0.05) is 29.8 Å². The van der Waals surface area contributed by atoms with Gasteiger partial charge >= 0.3 is 0 Å². The van der Waals surface area contributed by atoms with E-state index in [2.05, 4.69) is 38.3 Å². The summed E-state index contributed by atoms with van der Waals surface area (Å²) in [5.41, 5.74) is 2.21. The van der Waals surface area contributed by atoms with Gasteiger partial charge in [-0.15, -0.1) is 0 Å². The topological polar surface area (TPSA) is 63.9 Å². The number of hydrogen-bond acceptors (Lipinski definition) is 5. The van der Waals surface area contributed by atoms with Crippen LogP contribution >= 0.6 is 15.9 Å². The van der Waals surface area contributed by atoms with E-state index in [-0.39, 0.29) is 18.3 Å². The average Bonchev–Trinajstić information content (AvgIpc) is 3.27. The van der Waals surface area contributed by atoms with E-state index in [1.54, 1.807) is 12.1 Å². The molecule has 1 aliphatic heterocycles. The van der Waals surface area contributed by atoms with Gasteiger partial charge in [-0.1, -0.05) is 28.1 Å². The molecule has 1 aliphatic rings. The zero-order valence-electron chi connectivity index (χ0n) is 16.5. The molecule has 3 aromatic rings. The van der Waals surface area contributed by atoms with E-state index < -0.39 is 0 Å². The molecule has 0 unspecified atom stereocenters. The smallest absolute Gasteiger partial charge is 0.287 e. The van der Waals surface area contributed by atoms with Crippen LogP contribution in [-0.4, -0.2) is 32.2 Å². The lowest BCUT2D eigenvalue weighted by molar-refractivity contribution is 0.0919. The van der Waals surface area contributed by atoms with Gasteiger partial charge < -0.3 is 24.1 Å². The van der Waals surface area contributed by atoms with Crippen LogP contribution in [0.4, 0.5) is 5.69 Å². The highest BCUT2D eigenvalue weighted by molar-refractivity contribution is 9.10. The van der Waals surface area contributed by atoms with Crippen molar-refractivity contribution in [3.05, 3.63) is 82.2 Å². The third kappa shape index (κ3) is 5.43. The summed E-state index contributed by atoms with van der Waals surface area (Å²) in [5, 5.41) is 2.90. The summed E-state index contributed by atoms with van der Waals surface area (Å²) in [6.45, 7) is 4.03. The molecule has 1 amide bonds. The standard InChI is InChI=1S/C23H23BrN2O4/c24-18-3-7-20(8-4-18)29-16-21-9-10-22(30-21)23(27)25-15-17-1-5-19(6-2-17)26-11-13-28-14-12-26/h1-10H,11-16H2,(H,25,27). The number of nitrogens with zero attached hydrogens (tertiary/aromatic N) is 1. The van der Waals surface area contributed by atoms with Crippen molar-refractivity contribution < 1.29 is 18.7 Å². The van der Waals surface area contributed by atoms with E-state index >= 15 is 0 Å². The molecule has 0 aliphatic carbocycles. The lowest BCUT2D eigenvalue weighted by atomic mass is 10.2. The Morgan fingerprint density at radius 3 is 2.47 bits per heavy atom. The minimum absolute atomic E-state index is 0.248.